The molecule has 0 bridgehead atoms. The molecule has 2 aromatic rings. The number of likely N-dealkylation sites (tertiary alicyclic amines) is 1. The molecule has 1 aliphatic carbocycles. The molecule has 0 spiro atoms. The zero-order valence-corrected chi connectivity index (χ0v) is 14.0. The van der Waals surface area contributed by atoms with Gasteiger partial charge < -0.3 is 4.90 Å². The van der Waals surface area contributed by atoms with Gasteiger partial charge in [-0.15, -0.1) is 11.3 Å². The van der Waals surface area contributed by atoms with E-state index in [0.717, 1.165) is 34.9 Å². The summed E-state index contributed by atoms with van der Waals surface area (Å²) in [6.45, 7) is 5.75. The summed E-state index contributed by atoms with van der Waals surface area (Å²) >= 11 is 8.31. The predicted octanol–water partition coefficient (Wildman–Crippen LogP) is 2.65. The minimum Gasteiger partial charge on any atom is -0.329 e. The minimum atomic E-state index is 0.680. The molecular weight excluding hydrogens is 302 g/mol. The summed E-state index contributed by atoms with van der Waals surface area (Å²) in [5, 5.41) is 1.82. The van der Waals surface area contributed by atoms with Crippen molar-refractivity contribution in [3.63, 3.8) is 0 Å². The van der Waals surface area contributed by atoms with Crippen LogP contribution in [0.5, 0.6) is 0 Å². The van der Waals surface area contributed by atoms with Gasteiger partial charge in [0.1, 0.15) is 16.5 Å². The van der Waals surface area contributed by atoms with Crippen LogP contribution in [0.1, 0.15) is 42.5 Å². The Morgan fingerprint density at radius 2 is 2.05 bits per heavy atom. The molecule has 4 rings (SSSR count). The summed E-state index contributed by atoms with van der Waals surface area (Å²) in [6.07, 6.45) is 6.23. The molecule has 0 unspecified atom stereocenters. The molecule has 2 aromatic heterocycles. The van der Waals surface area contributed by atoms with Crippen molar-refractivity contribution in [3.8, 4) is 0 Å². The third-order valence-corrected chi connectivity index (χ3v) is 6.42. The fourth-order valence-corrected chi connectivity index (χ4v) is 5.28. The van der Waals surface area contributed by atoms with Crippen molar-refractivity contribution >= 4 is 33.2 Å². The van der Waals surface area contributed by atoms with E-state index in [0.29, 0.717) is 5.15 Å². The van der Waals surface area contributed by atoms with Crippen LogP contribution in [0.25, 0.3) is 10.2 Å². The van der Waals surface area contributed by atoms with Crippen molar-refractivity contribution in [1.82, 2.24) is 9.97 Å². The highest BCUT2D eigenvalue weighted by atomic mass is 35.5. The number of aryl methyl sites for hydroxylation is 2. The molecule has 1 fully saturated rings. The quantitative estimate of drug-likeness (QED) is 0.862. The Bertz CT molecular complexity index is 674. The number of hydrogen-bond donors (Lipinski definition) is 1. The van der Waals surface area contributed by atoms with Gasteiger partial charge in [0.05, 0.1) is 18.5 Å². The maximum Gasteiger partial charge on any atom is 0.186 e. The highest BCUT2D eigenvalue weighted by molar-refractivity contribution is 7.19. The van der Waals surface area contributed by atoms with Gasteiger partial charge in [-0.1, -0.05) is 18.5 Å². The SMILES string of the molecule is CC1CC[NH+](Cc2nc(Cl)c3c4c(sc3n2)CCC4)CC1. The molecule has 0 atom stereocenters. The van der Waals surface area contributed by atoms with Crippen LogP contribution in [0.2, 0.25) is 5.15 Å². The van der Waals surface area contributed by atoms with Gasteiger partial charge in [0.2, 0.25) is 0 Å². The second-order valence-corrected chi connectivity index (χ2v) is 8.02. The standard InChI is InChI=1S/C16H20ClN3S/c1-10-5-7-20(8-6-10)9-13-18-15(17)14-11-3-2-4-12(11)21-16(14)19-13/h10H,2-9H2,1H3/p+1. The zero-order chi connectivity index (χ0) is 14.4. The molecule has 21 heavy (non-hydrogen) atoms. The first-order valence-corrected chi connectivity index (χ1v) is 9.20. The number of nitrogens with zero attached hydrogens (tertiary/aromatic N) is 2. The average Bonchev–Trinajstić information content (AvgIpc) is 3.01. The van der Waals surface area contributed by atoms with E-state index in [1.807, 2.05) is 11.3 Å². The number of quaternary nitrogens is 1. The number of thiophene rings is 1. The summed E-state index contributed by atoms with van der Waals surface area (Å²) in [7, 11) is 0. The number of nitrogens with one attached hydrogen (secondary N) is 1. The first-order valence-electron chi connectivity index (χ1n) is 8.01. The van der Waals surface area contributed by atoms with E-state index in [1.54, 1.807) is 4.90 Å². The molecular formula is C16H21ClN3S+. The molecule has 1 N–H and O–H groups in total. The summed E-state index contributed by atoms with van der Waals surface area (Å²) in [4.78, 5) is 13.6. The lowest BCUT2D eigenvalue weighted by molar-refractivity contribution is -0.920. The average molecular weight is 323 g/mol. The Hall–Kier alpha value is -0.710. The third kappa shape index (κ3) is 2.58. The highest BCUT2D eigenvalue weighted by Gasteiger charge is 2.24. The van der Waals surface area contributed by atoms with Gasteiger partial charge in [-0.2, -0.15) is 0 Å². The number of hydrogen-bond acceptors (Lipinski definition) is 3. The van der Waals surface area contributed by atoms with Gasteiger partial charge in [0, 0.05) is 4.88 Å². The molecule has 2 aliphatic rings. The Labute approximate surface area is 134 Å². The van der Waals surface area contributed by atoms with Crippen LogP contribution in [-0.2, 0) is 19.4 Å². The number of aromatic nitrogens is 2. The molecule has 112 valence electrons. The van der Waals surface area contributed by atoms with Crippen molar-refractivity contribution in [3.05, 3.63) is 21.4 Å². The van der Waals surface area contributed by atoms with Crippen LogP contribution in [0.4, 0.5) is 0 Å². The van der Waals surface area contributed by atoms with Gasteiger partial charge in [0.25, 0.3) is 0 Å². The van der Waals surface area contributed by atoms with Crippen molar-refractivity contribution in [2.75, 3.05) is 13.1 Å². The third-order valence-electron chi connectivity index (χ3n) is 4.96. The summed E-state index contributed by atoms with van der Waals surface area (Å²) in [5.41, 5.74) is 1.42. The summed E-state index contributed by atoms with van der Waals surface area (Å²) in [6, 6.07) is 0. The van der Waals surface area contributed by atoms with Crippen LogP contribution in [0.3, 0.4) is 0 Å². The van der Waals surface area contributed by atoms with Gasteiger partial charge >= 0.3 is 0 Å². The molecule has 1 aliphatic heterocycles. The monoisotopic (exact) mass is 322 g/mol. The van der Waals surface area contributed by atoms with Crippen molar-refractivity contribution in [1.29, 1.82) is 0 Å². The molecule has 0 saturated carbocycles. The van der Waals surface area contributed by atoms with E-state index < -0.39 is 0 Å². The molecule has 3 nitrogen and oxygen atoms in total. The van der Waals surface area contributed by atoms with E-state index in [1.165, 1.54) is 49.2 Å². The van der Waals surface area contributed by atoms with Crippen LogP contribution < -0.4 is 4.90 Å². The normalized spacial score (nSPS) is 25.4. The van der Waals surface area contributed by atoms with E-state index in [-0.39, 0.29) is 0 Å². The fourth-order valence-electron chi connectivity index (χ4n) is 3.64. The largest absolute Gasteiger partial charge is 0.329 e. The maximum absolute atomic E-state index is 6.47. The van der Waals surface area contributed by atoms with E-state index in [9.17, 15) is 0 Å². The van der Waals surface area contributed by atoms with Crippen molar-refractivity contribution in [2.45, 2.75) is 45.6 Å². The van der Waals surface area contributed by atoms with Crippen LogP contribution in [0, 0.1) is 5.92 Å². The lowest BCUT2D eigenvalue weighted by Crippen LogP contribution is -3.11. The molecule has 0 radical (unpaired) electrons. The Morgan fingerprint density at radius 1 is 1.24 bits per heavy atom. The smallest absolute Gasteiger partial charge is 0.186 e. The van der Waals surface area contributed by atoms with Gasteiger partial charge in [-0.3, -0.25) is 0 Å². The van der Waals surface area contributed by atoms with E-state index >= 15 is 0 Å². The lowest BCUT2D eigenvalue weighted by atomic mass is 9.99. The number of halogens is 1. The second kappa shape index (κ2) is 5.49. The molecule has 1 saturated heterocycles. The number of rotatable bonds is 2. The first-order chi connectivity index (χ1) is 10.2. The summed E-state index contributed by atoms with van der Waals surface area (Å²) in [5.74, 6) is 1.80. The van der Waals surface area contributed by atoms with Crippen LogP contribution in [0.15, 0.2) is 0 Å². The second-order valence-electron chi connectivity index (χ2n) is 6.58. The molecule has 0 aromatic carbocycles. The zero-order valence-electron chi connectivity index (χ0n) is 12.4. The fraction of sp³-hybridized carbons (Fsp3) is 0.625. The first kappa shape index (κ1) is 13.9. The van der Waals surface area contributed by atoms with Gasteiger partial charge in [-0.25, -0.2) is 9.97 Å². The highest BCUT2D eigenvalue weighted by Crippen LogP contribution is 2.39. The predicted molar refractivity (Wildman–Crippen MR) is 87.2 cm³/mol. The van der Waals surface area contributed by atoms with E-state index in [2.05, 4.69) is 11.9 Å². The van der Waals surface area contributed by atoms with E-state index in [4.69, 9.17) is 16.6 Å². The van der Waals surface area contributed by atoms with Crippen molar-refractivity contribution < 1.29 is 4.90 Å². The van der Waals surface area contributed by atoms with Crippen LogP contribution in [-0.4, -0.2) is 23.1 Å². The molecule has 3 heterocycles. The Morgan fingerprint density at radius 3 is 2.86 bits per heavy atom. The van der Waals surface area contributed by atoms with Gasteiger partial charge in [-0.05, 0) is 43.6 Å². The minimum absolute atomic E-state index is 0.680. The maximum atomic E-state index is 6.47. The summed E-state index contributed by atoms with van der Waals surface area (Å²) < 4.78 is 0. The van der Waals surface area contributed by atoms with Crippen LogP contribution >= 0.6 is 22.9 Å². The Kier molecular flexibility index (Phi) is 3.64. The lowest BCUT2D eigenvalue weighted by Gasteiger charge is -2.26. The molecule has 5 heteroatoms. The Balaban J connectivity index is 1.62. The van der Waals surface area contributed by atoms with Crippen molar-refractivity contribution in [2.24, 2.45) is 5.92 Å². The molecule has 0 amide bonds. The van der Waals surface area contributed by atoms with Gasteiger partial charge in [0.15, 0.2) is 5.82 Å². The number of fused-ring (bicyclic) bond motifs is 3. The number of piperidine rings is 1. The topological polar surface area (TPSA) is 30.2 Å².